The van der Waals surface area contributed by atoms with E-state index >= 15 is 0 Å². The first-order valence-corrected chi connectivity index (χ1v) is 14.1. The van der Waals surface area contributed by atoms with Crippen molar-refractivity contribution in [3.8, 4) is 0 Å². The van der Waals surface area contributed by atoms with Crippen molar-refractivity contribution >= 4 is 50.9 Å². The smallest absolute Gasteiger partial charge is 0.304 e. The zero-order valence-corrected chi connectivity index (χ0v) is 24.7. The SMILES string of the molecule is Cc1ccc(C)c(N(CC(=O)N(Cc2c(Cl)cccc2Cl)[C@@H](C)C(=O)NCC(C)C)S(=O)(=O)N(C)C)c1. The maximum absolute atomic E-state index is 13.8. The number of benzene rings is 2. The summed E-state index contributed by atoms with van der Waals surface area (Å²) in [6, 6.07) is 9.45. The van der Waals surface area contributed by atoms with Crippen molar-refractivity contribution < 1.29 is 18.0 Å². The molecule has 0 saturated carbocycles. The van der Waals surface area contributed by atoms with Crippen LogP contribution in [0, 0.1) is 19.8 Å². The molecule has 1 atom stereocenters. The van der Waals surface area contributed by atoms with Crippen molar-refractivity contribution in [1.29, 1.82) is 0 Å². The zero-order chi connectivity index (χ0) is 28.1. The number of aryl methyl sites for hydroxylation is 2. The van der Waals surface area contributed by atoms with E-state index in [1.807, 2.05) is 26.8 Å². The van der Waals surface area contributed by atoms with Crippen LogP contribution >= 0.6 is 23.2 Å². The van der Waals surface area contributed by atoms with Crippen LogP contribution in [0.1, 0.15) is 37.5 Å². The molecule has 37 heavy (non-hydrogen) atoms. The van der Waals surface area contributed by atoms with E-state index in [4.69, 9.17) is 23.2 Å². The Bertz CT molecular complexity index is 1210. The van der Waals surface area contributed by atoms with Crippen LogP contribution in [0.5, 0.6) is 0 Å². The van der Waals surface area contributed by atoms with Crippen molar-refractivity contribution in [2.75, 3.05) is 31.5 Å². The minimum Gasteiger partial charge on any atom is -0.354 e. The Kier molecular flexibility index (Phi) is 10.8. The molecule has 0 aliphatic rings. The molecule has 0 aromatic heterocycles. The number of halogens is 2. The summed E-state index contributed by atoms with van der Waals surface area (Å²) >= 11 is 12.8. The van der Waals surface area contributed by atoms with E-state index in [1.54, 1.807) is 44.2 Å². The second-order valence-electron chi connectivity index (χ2n) is 9.62. The molecule has 1 N–H and O–H groups in total. The summed E-state index contributed by atoms with van der Waals surface area (Å²) in [6.07, 6.45) is 0. The molecule has 11 heteroatoms. The molecule has 0 saturated heterocycles. The Morgan fingerprint density at radius 3 is 2.14 bits per heavy atom. The number of nitrogens with zero attached hydrogens (tertiary/aromatic N) is 3. The highest BCUT2D eigenvalue weighted by atomic mass is 35.5. The van der Waals surface area contributed by atoms with Crippen LogP contribution in [0.15, 0.2) is 36.4 Å². The van der Waals surface area contributed by atoms with Crippen LogP contribution in [-0.4, -0.2) is 62.7 Å². The molecular weight excluding hydrogens is 535 g/mol. The van der Waals surface area contributed by atoms with Gasteiger partial charge in [-0.1, -0.05) is 55.2 Å². The van der Waals surface area contributed by atoms with Gasteiger partial charge in [-0.15, -0.1) is 0 Å². The van der Waals surface area contributed by atoms with Crippen LogP contribution in [0.25, 0.3) is 0 Å². The number of nitrogens with one attached hydrogen (secondary N) is 1. The van der Waals surface area contributed by atoms with Crippen molar-refractivity contribution in [2.45, 2.75) is 47.2 Å². The Hall–Kier alpha value is -2.33. The maximum Gasteiger partial charge on any atom is 0.304 e. The molecule has 2 aromatic carbocycles. The normalized spacial score (nSPS) is 12.5. The third-order valence-corrected chi connectivity index (χ3v) is 8.41. The number of anilines is 1. The molecule has 204 valence electrons. The molecule has 2 aromatic rings. The van der Waals surface area contributed by atoms with Gasteiger partial charge in [0.25, 0.3) is 0 Å². The summed E-state index contributed by atoms with van der Waals surface area (Å²) in [6.45, 7) is 8.99. The Morgan fingerprint density at radius 2 is 1.59 bits per heavy atom. The lowest BCUT2D eigenvalue weighted by Gasteiger charge is -2.33. The molecule has 0 radical (unpaired) electrons. The topological polar surface area (TPSA) is 90.0 Å². The predicted octanol–water partition coefficient (Wildman–Crippen LogP) is 4.41. The summed E-state index contributed by atoms with van der Waals surface area (Å²) in [5, 5.41) is 3.52. The molecule has 0 unspecified atom stereocenters. The van der Waals surface area contributed by atoms with Crippen LogP contribution in [0.2, 0.25) is 10.0 Å². The highest BCUT2D eigenvalue weighted by Gasteiger charge is 2.33. The molecule has 8 nitrogen and oxygen atoms in total. The van der Waals surface area contributed by atoms with E-state index in [9.17, 15) is 18.0 Å². The van der Waals surface area contributed by atoms with Gasteiger partial charge in [-0.05, 0) is 56.0 Å². The summed E-state index contributed by atoms with van der Waals surface area (Å²) in [5.41, 5.74) is 2.38. The number of rotatable bonds is 11. The third-order valence-electron chi connectivity index (χ3n) is 5.89. The summed E-state index contributed by atoms with van der Waals surface area (Å²) in [7, 11) is -1.24. The van der Waals surface area contributed by atoms with Crippen molar-refractivity contribution in [3.05, 3.63) is 63.1 Å². The molecule has 0 fully saturated rings. The monoisotopic (exact) mass is 570 g/mol. The fraction of sp³-hybridized carbons (Fsp3) is 0.462. The molecule has 0 aliphatic heterocycles. The van der Waals surface area contributed by atoms with Crippen LogP contribution in [0.3, 0.4) is 0 Å². The second kappa shape index (κ2) is 13.0. The minimum absolute atomic E-state index is 0.0732. The van der Waals surface area contributed by atoms with Crippen molar-refractivity contribution in [2.24, 2.45) is 5.92 Å². The fourth-order valence-corrected chi connectivity index (χ4v) is 5.21. The lowest BCUT2D eigenvalue weighted by Crippen LogP contribution is -2.52. The molecule has 2 rings (SSSR count). The van der Waals surface area contributed by atoms with Gasteiger partial charge in [0, 0.05) is 42.8 Å². The molecule has 0 heterocycles. The molecular formula is C26H36Cl2N4O4S. The standard InChI is InChI=1S/C26H36Cl2N4O4S/c1-17(2)14-29-26(34)20(5)31(15-21-22(27)9-8-10-23(21)28)25(33)16-32(37(35,36)30(6)7)24-13-18(3)11-12-19(24)4/h8-13,17,20H,14-16H2,1-7H3,(H,29,34)/t20-/m0/s1. The van der Waals surface area contributed by atoms with E-state index in [-0.39, 0.29) is 18.4 Å². The first kappa shape index (κ1) is 30.9. The van der Waals surface area contributed by atoms with Gasteiger partial charge < -0.3 is 10.2 Å². The summed E-state index contributed by atoms with van der Waals surface area (Å²) in [5.74, 6) is -0.725. The largest absolute Gasteiger partial charge is 0.354 e. The Balaban J connectivity index is 2.55. The van der Waals surface area contributed by atoms with E-state index in [1.165, 1.54) is 19.0 Å². The molecule has 0 bridgehead atoms. The third kappa shape index (κ3) is 7.83. The average molecular weight is 572 g/mol. The highest BCUT2D eigenvalue weighted by molar-refractivity contribution is 7.90. The Labute approximate surface area is 230 Å². The molecule has 0 spiro atoms. The number of carbonyl (C=O) groups is 2. The van der Waals surface area contributed by atoms with Gasteiger partial charge in [0.2, 0.25) is 11.8 Å². The maximum atomic E-state index is 13.8. The number of amides is 2. The number of hydrogen-bond donors (Lipinski definition) is 1. The molecule has 0 aliphatic carbocycles. The first-order valence-electron chi connectivity index (χ1n) is 11.9. The fourth-order valence-electron chi connectivity index (χ4n) is 3.58. The van der Waals surface area contributed by atoms with Crippen LogP contribution in [-0.2, 0) is 26.3 Å². The average Bonchev–Trinajstić information content (AvgIpc) is 2.81. The van der Waals surface area contributed by atoms with Crippen LogP contribution in [0.4, 0.5) is 5.69 Å². The summed E-state index contributed by atoms with van der Waals surface area (Å²) in [4.78, 5) is 28.2. The van der Waals surface area contributed by atoms with Gasteiger partial charge >= 0.3 is 10.2 Å². The lowest BCUT2D eigenvalue weighted by atomic mass is 10.1. The second-order valence-corrected chi connectivity index (χ2v) is 12.5. The summed E-state index contributed by atoms with van der Waals surface area (Å²) < 4.78 is 28.8. The minimum atomic E-state index is -4.05. The number of carbonyl (C=O) groups excluding carboxylic acids is 2. The quantitative estimate of drug-likeness (QED) is 0.433. The Morgan fingerprint density at radius 1 is 1.00 bits per heavy atom. The predicted molar refractivity (Wildman–Crippen MR) is 150 cm³/mol. The van der Waals surface area contributed by atoms with Crippen molar-refractivity contribution in [1.82, 2.24) is 14.5 Å². The van der Waals surface area contributed by atoms with E-state index in [0.717, 1.165) is 14.2 Å². The highest BCUT2D eigenvalue weighted by Crippen LogP contribution is 2.28. The first-order chi connectivity index (χ1) is 17.2. The van der Waals surface area contributed by atoms with Gasteiger partial charge in [0.1, 0.15) is 12.6 Å². The number of hydrogen-bond acceptors (Lipinski definition) is 4. The van der Waals surface area contributed by atoms with Crippen LogP contribution < -0.4 is 9.62 Å². The van der Waals surface area contributed by atoms with Gasteiger partial charge in [-0.3, -0.25) is 9.59 Å². The molecule has 2 amide bonds. The van der Waals surface area contributed by atoms with E-state index in [2.05, 4.69) is 5.32 Å². The van der Waals surface area contributed by atoms with Gasteiger partial charge in [0.15, 0.2) is 0 Å². The van der Waals surface area contributed by atoms with Gasteiger partial charge in [-0.2, -0.15) is 12.7 Å². The van der Waals surface area contributed by atoms with Gasteiger partial charge in [0.05, 0.1) is 5.69 Å². The van der Waals surface area contributed by atoms with Gasteiger partial charge in [-0.25, -0.2) is 4.31 Å². The zero-order valence-electron chi connectivity index (χ0n) is 22.4. The lowest BCUT2D eigenvalue weighted by molar-refractivity contribution is -0.139. The van der Waals surface area contributed by atoms with Crippen molar-refractivity contribution in [3.63, 3.8) is 0 Å². The van der Waals surface area contributed by atoms with E-state index in [0.29, 0.717) is 33.4 Å². The van der Waals surface area contributed by atoms with E-state index < -0.39 is 28.7 Å².